The normalized spacial score (nSPS) is 11.7. The Labute approximate surface area is 242 Å². The van der Waals surface area contributed by atoms with Gasteiger partial charge in [-0.05, 0) is 77.4 Å². The topological polar surface area (TPSA) is 109 Å². The first-order chi connectivity index (χ1) is 18.5. The minimum absolute atomic E-state index is 0.0656. The van der Waals surface area contributed by atoms with E-state index in [1.807, 2.05) is 20.8 Å². The SMILES string of the molecule is CC(C)(C)OC(=O)n1cc(Cl)c2cc(CO)ccc21.COC(=O)c1ccc2c(c1)c(Cl)cn2C(=O)OC(C)(C)C. The molecule has 1 N–H and O–H groups in total. The molecule has 0 amide bonds. The van der Waals surface area contributed by atoms with E-state index >= 15 is 0 Å². The van der Waals surface area contributed by atoms with Gasteiger partial charge in [0.25, 0.3) is 0 Å². The number of nitrogens with zero attached hydrogens (tertiary/aromatic N) is 2. The van der Waals surface area contributed by atoms with Gasteiger partial charge >= 0.3 is 18.2 Å². The van der Waals surface area contributed by atoms with Crippen LogP contribution in [0.2, 0.25) is 10.0 Å². The first-order valence-corrected chi connectivity index (χ1v) is 13.1. The highest BCUT2D eigenvalue weighted by molar-refractivity contribution is 6.36. The fourth-order valence-corrected chi connectivity index (χ4v) is 4.19. The largest absolute Gasteiger partial charge is 0.465 e. The van der Waals surface area contributed by atoms with Gasteiger partial charge in [0.1, 0.15) is 11.2 Å². The summed E-state index contributed by atoms with van der Waals surface area (Å²) in [5.41, 5.74) is 1.18. The van der Waals surface area contributed by atoms with Crippen molar-refractivity contribution in [3.05, 3.63) is 70.0 Å². The first kappa shape index (κ1) is 31.0. The zero-order valence-electron chi connectivity index (χ0n) is 23.4. The summed E-state index contributed by atoms with van der Waals surface area (Å²) in [6, 6.07) is 10.1. The second-order valence-corrected chi connectivity index (χ2v) is 11.7. The average Bonchev–Trinajstić information content (AvgIpc) is 3.38. The van der Waals surface area contributed by atoms with Crippen LogP contribution in [0.1, 0.15) is 57.5 Å². The number of ether oxygens (including phenoxy) is 3. The van der Waals surface area contributed by atoms with Crippen LogP contribution >= 0.6 is 23.2 Å². The fourth-order valence-electron chi connectivity index (χ4n) is 3.69. The summed E-state index contributed by atoms with van der Waals surface area (Å²) in [6.45, 7) is 10.7. The number of halogens is 2. The van der Waals surface area contributed by atoms with E-state index < -0.39 is 29.4 Å². The number of hydrogen-bond acceptors (Lipinski definition) is 7. The Morgan fingerprint density at radius 2 is 1.23 bits per heavy atom. The molecule has 0 radical (unpaired) electrons. The van der Waals surface area contributed by atoms with Crippen molar-refractivity contribution in [2.24, 2.45) is 0 Å². The van der Waals surface area contributed by atoms with Gasteiger partial charge in [-0.3, -0.25) is 9.13 Å². The summed E-state index contributed by atoms with van der Waals surface area (Å²) in [4.78, 5) is 35.8. The maximum absolute atomic E-state index is 12.2. The van der Waals surface area contributed by atoms with Crippen LogP contribution in [-0.2, 0) is 20.8 Å². The van der Waals surface area contributed by atoms with E-state index in [1.165, 1.54) is 28.6 Å². The lowest BCUT2D eigenvalue weighted by Crippen LogP contribution is -2.26. The number of rotatable bonds is 2. The third-order valence-corrected chi connectivity index (χ3v) is 5.96. The lowest BCUT2D eigenvalue weighted by Gasteiger charge is -2.19. The van der Waals surface area contributed by atoms with Crippen molar-refractivity contribution in [2.45, 2.75) is 59.4 Å². The number of aliphatic hydroxyl groups is 1. The molecule has 2 aromatic carbocycles. The molecule has 0 spiro atoms. The number of fused-ring (bicyclic) bond motifs is 2. The zero-order valence-corrected chi connectivity index (χ0v) is 24.9. The molecular weight excluding hydrogens is 559 g/mol. The Bertz CT molecular complexity index is 1570. The van der Waals surface area contributed by atoms with Crippen LogP contribution in [0.4, 0.5) is 9.59 Å². The molecule has 0 atom stereocenters. The molecule has 0 aliphatic heterocycles. The Morgan fingerprint density at radius 3 is 1.65 bits per heavy atom. The smallest absolute Gasteiger partial charge is 0.419 e. The number of esters is 1. The Hall–Kier alpha value is -3.53. The summed E-state index contributed by atoms with van der Waals surface area (Å²) in [5.74, 6) is -0.460. The predicted octanol–water partition coefficient (Wildman–Crippen LogP) is 7.43. The van der Waals surface area contributed by atoms with Gasteiger partial charge in [-0.15, -0.1) is 0 Å². The lowest BCUT2D eigenvalue weighted by molar-refractivity contribution is 0.0533. The Morgan fingerprint density at radius 1 is 0.775 bits per heavy atom. The molecule has 0 saturated carbocycles. The highest BCUT2D eigenvalue weighted by atomic mass is 35.5. The van der Waals surface area contributed by atoms with Gasteiger partial charge in [0.2, 0.25) is 0 Å². The predicted molar refractivity (Wildman–Crippen MR) is 154 cm³/mol. The number of aromatic nitrogens is 2. The molecule has 0 fully saturated rings. The minimum Gasteiger partial charge on any atom is -0.465 e. The summed E-state index contributed by atoms with van der Waals surface area (Å²) < 4.78 is 18.0. The molecule has 214 valence electrons. The lowest BCUT2D eigenvalue weighted by atomic mass is 10.1. The van der Waals surface area contributed by atoms with Crippen LogP contribution in [0.5, 0.6) is 0 Å². The van der Waals surface area contributed by atoms with Crippen LogP contribution in [0.25, 0.3) is 21.8 Å². The molecular formula is C29H32Cl2N2O7. The number of hydrogen-bond donors (Lipinski definition) is 1. The van der Waals surface area contributed by atoms with Gasteiger partial charge in [-0.2, -0.15) is 0 Å². The molecule has 0 saturated heterocycles. The molecule has 40 heavy (non-hydrogen) atoms. The number of carbonyl (C=O) groups excluding carboxylic acids is 3. The third kappa shape index (κ3) is 7.35. The molecule has 4 aromatic rings. The van der Waals surface area contributed by atoms with Crippen LogP contribution in [0.15, 0.2) is 48.8 Å². The summed E-state index contributed by atoms with van der Waals surface area (Å²) in [7, 11) is 1.31. The molecule has 11 heteroatoms. The van der Waals surface area contributed by atoms with Gasteiger partial charge in [0.05, 0.1) is 40.4 Å². The van der Waals surface area contributed by atoms with E-state index in [0.29, 0.717) is 32.0 Å². The summed E-state index contributed by atoms with van der Waals surface area (Å²) in [6.07, 6.45) is 2.01. The standard InChI is InChI=1S/C15H16ClNO4.C14H16ClNO3/c1-15(2,3)21-14(19)17-8-11(16)10-7-9(13(18)20-4)5-6-12(10)17;1-14(2,3)19-13(18)16-7-11(15)10-6-9(8-17)4-5-12(10)16/h5-8H,1-4H3;4-7,17H,8H2,1-3H3. The van der Waals surface area contributed by atoms with Gasteiger partial charge in [-0.25, -0.2) is 14.4 Å². The average molecular weight is 591 g/mol. The Balaban J connectivity index is 0.000000222. The molecule has 0 unspecified atom stereocenters. The van der Waals surface area contributed by atoms with Crippen LogP contribution in [0.3, 0.4) is 0 Å². The van der Waals surface area contributed by atoms with Crippen LogP contribution in [0, 0.1) is 0 Å². The maximum atomic E-state index is 12.2. The van der Waals surface area contributed by atoms with Crippen molar-refractivity contribution in [1.29, 1.82) is 0 Å². The van der Waals surface area contributed by atoms with Crippen molar-refractivity contribution in [3.8, 4) is 0 Å². The molecule has 0 aliphatic carbocycles. The van der Waals surface area contributed by atoms with Gasteiger partial charge in [0, 0.05) is 23.2 Å². The van der Waals surface area contributed by atoms with Gasteiger partial charge in [0.15, 0.2) is 0 Å². The number of benzene rings is 2. The van der Waals surface area contributed by atoms with Gasteiger partial charge < -0.3 is 19.3 Å². The van der Waals surface area contributed by atoms with E-state index in [0.717, 1.165) is 10.9 Å². The highest BCUT2D eigenvalue weighted by Crippen LogP contribution is 2.29. The second-order valence-electron chi connectivity index (χ2n) is 10.9. The molecule has 4 rings (SSSR count). The first-order valence-electron chi connectivity index (χ1n) is 12.3. The zero-order chi connectivity index (χ0) is 30.0. The molecule has 9 nitrogen and oxygen atoms in total. The number of carbonyl (C=O) groups is 3. The van der Waals surface area contributed by atoms with E-state index in [-0.39, 0.29) is 6.61 Å². The van der Waals surface area contributed by atoms with E-state index in [4.69, 9.17) is 37.8 Å². The summed E-state index contributed by atoms with van der Waals surface area (Å²) >= 11 is 12.2. The van der Waals surface area contributed by atoms with Crippen LogP contribution in [-0.4, -0.2) is 50.7 Å². The Kier molecular flexibility index (Phi) is 9.24. The second kappa shape index (κ2) is 11.9. The van der Waals surface area contributed by atoms with E-state index in [9.17, 15) is 14.4 Å². The monoisotopic (exact) mass is 590 g/mol. The maximum Gasteiger partial charge on any atom is 0.419 e. The van der Waals surface area contributed by atoms with Crippen molar-refractivity contribution < 1.29 is 33.7 Å². The molecule has 2 aromatic heterocycles. The number of aliphatic hydroxyl groups excluding tert-OH is 1. The van der Waals surface area contributed by atoms with E-state index in [2.05, 4.69) is 4.74 Å². The third-order valence-electron chi connectivity index (χ3n) is 5.36. The number of methoxy groups -OCH3 is 1. The van der Waals surface area contributed by atoms with Crippen molar-refractivity contribution in [1.82, 2.24) is 9.13 Å². The molecule has 0 aliphatic rings. The van der Waals surface area contributed by atoms with Crippen molar-refractivity contribution >= 4 is 63.2 Å². The quantitative estimate of drug-likeness (QED) is 0.191. The molecule has 2 heterocycles. The highest BCUT2D eigenvalue weighted by Gasteiger charge is 2.22. The van der Waals surface area contributed by atoms with Gasteiger partial charge in [-0.1, -0.05) is 29.3 Å². The van der Waals surface area contributed by atoms with Crippen molar-refractivity contribution in [2.75, 3.05) is 7.11 Å². The van der Waals surface area contributed by atoms with Crippen LogP contribution < -0.4 is 0 Å². The van der Waals surface area contributed by atoms with Crippen molar-refractivity contribution in [3.63, 3.8) is 0 Å². The fraction of sp³-hybridized carbons (Fsp3) is 0.345. The minimum atomic E-state index is -0.605. The van der Waals surface area contributed by atoms with E-state index in [1.54, 1.807) is 57.2 Å². The summed E-state index contributed by atoms with van der Waals surface area (Å²) in [5, 5.41) is 11.2. The molecule has 0 bridgehead atoms.